The van der Waals surface area contributed by atoms with Crippen LogP contribution in [0.4, 0.5) is 0 Å². The van der Waals surface area contributed by atoms with E-state index < -0.39 is 0 Å². The van der Waals surface area contributed by atoms with E-state index in [2.05, 4.69) is 6.58 Å². The molecular formula is C12H14O2. The molecular weight excluding hydrogens is 176 g/mol. The molecule has 14 heavy (non-hydrogen) atoms. The molecule has 0 aromatic heterocycles. The molecule has 0 fully saturated rings. The van der Waals surface area contributed by atoms with E-state index >= 15 is 0 Å². The average Bonchev–Trinajstić information content (AvgIpc) is 2.26. The van der Waals surface area contributed by atoms with E-state index in [4.69, 9.17) is 4.74 Å². The van der Waals surface area contributed by atoms with Gasteiger partial charge in [0.25, 0.3) is 0 Å². The topological polar surface area (TPSA) is 26.3 Å². The van der Waals surface area contributed by atoms with Gasteiger partial charge in [0.2, 0.25) is 0 Å². The monoisotopic (exact) mass is 190 g/mol. The second-order valence-electron chi connectivity index (χ2n) is 3.01. The van der Waals surface area contributed by atoms with Crippen molar-refractivity contribution >= 4 is 5.78 Å². The van der Waals surface area contributed by atoms with Gasteiger partial charge in [-0.05, 0) is 11.6 Å². The number of hydrogen-bond donors (Lipinski definition) is 0. The number of benzene rings is 1. The van der Waals surface area contributed by atoms with E-state index in [0.29, 0.717) is 6.42 Å². The predicted molar refractivity (Wildman–Crippen MR) is 56.0 cm³/mol. The summed E-state index contributed by atoms with van der Waals surface area (Å²) in [6, 6.07) is 9.69. The molecule has 74 valence electrons. The maximum Gasteiger partial charge on any atom is 0.158 e. The Balaban J connectivity index is 2.72. The van der Waals surface area contributed by atoms with Gasteiger partial charge in [-0.2, -0.15) is 0 Å². The molecule has 1 unspecified atom stereocenters. The first-order valence-corrected chi connectivity index (χ1v) is 4.51. The van der Waals surface area contributed by atoms with Gasteiger partial charge in [0.1, 0.15) is 0 Å². The van der Waals surface area contributed by atoms with E-state index in [1.807, 2.05) is 30.3 Å². The summed E-state index contributed by atoms with van der Waals surface area (Å²) >= 11 is 0. The Hall–Kier alpha value is -1.41. The minimum Gasteiger partial charge on any atom is -0.376 e. The summed E-state index contributed by atoms with van der Waals surface area (Å²) < 4.78 is 5.24. The summed E-state index contributed by atoms with van der Waals surface area (Å²) in [7, 11) is 1.61. The number of carbonyl (C=O) groups is 1. The number of carbonyl (C=O) groups excluding carboxylic acids is 1. The van der Waals surface area contributed by atoms with Gasteiger partial charge >= 0.3 is 0 Å². The molecule has 0 radical (unpaired) electrons. The smallest absolute Gasteiger partial charge is 0.158 e. The lowest BCUT2D eigenvalue weighted by Gasteiger charge is -2.13. The van der Waals surface area contributed by atoms with Gasteiger partial charge in [-0.1, -0.05) is 36.9 Å². The van der Waals surface area contributed by atoms with E-state index in [1.165, 1.54) is 6.08 Å². The molecule has 0 saturated carbocycles. The molecule has 0 aliphatic heterocycles. The van der Waals surface area contributed by atoms with Crippen LogP contribution in [0.2, 0.25) is 0 Å². The fourth-order valence-electron chi connectivity index (χ4n) is 1.27. The van der Waals surface area contributed by atoms with Crippen LogP contribution in [0.3, 0.4) is 0 Å². The first kappa shape index (κ1) is 10.7. The summed E-state index contributed by atoms with van der Waals surface area (Å²) in [6.45, 7) is 3.44. The summed E-state index contributed by atoms with van der Waals surface area (Å²) in [5, 5.41) is 0. The van der Waals surface area contributed by atoms with Crippen LogP contribution >= 0.6 is 0 Å². The average molecular weight is 190 g/mol. The number of ether oxygens (including phenoxy) is 1. The Morgan fingerprint density at radius 3 is 2.64 bits per heavy atom. The second kappa shape index (κ2) is 5.35. The molecule has 2 heteroatoms. The molecule has 0 aliphatic rings. The van der Waals surface area contributed by atoms with Crippen molar-refractivity contribution in [2.24, 2.45) is 0 Å². The maximum atomic E-state index is 11.2. The zero-order valence-corrected chi connectivity index (χ0v) is 8.27. The van der Waals surface area contributed by atoms with Gasteiger partial charge in [0.05, 0.1) is 6.10 Å². The first-order chi connectivity index (χ1) is 6.77. The predicted octanol–water partition coefficient (Wildman–Crippen LogP) is 2.52. The summed E-state index contributed by atoms with van der Waals surface area (Å²) in [6.07, 6.45) is 1.51. The molecule has 0 spiro atoms. The molecule has 1 aromatic carbocycles. The van der Waals surface area contributed by atoms with Crippen LogP contribution in [0.5, 0.6) is 0 Å². The Kier molecular flexibility index (Phi) is 4.08. The second-order valence-corrected chi connectivity index (χ2v) is 3.01. The lowest BCUT2D eigenvalue weighted by atomic mass is 10.0. The Morgan fingerprint density at radius 1 is 1.50 bits per heavy atom. The third-order valence-corrected chi connectivity index (χ3v) is 2.07. The number of allylic oxidation sites excluding steroid dienone is 1. The molecule has 0 aliphatic carbocycles. The Bertz CT molecular complexity index is 303. The minimum atomic E-state index is -0.165. The largest absolute Gasteiger partial charge is 0.376 e. The van der Waals surface area contributed by atoms with Crippen molar-refractivity contribution in [3.05, 3.63) is 48.6 Å². The van der Waals surface area contributed by atoms with Crippen LogP contribution in [0.25, 0.3) is 0 Å². The van der Waals surface area contributed by atoms with Gasteiger partial charge in [-0.25, -0.2) is 0 Å². The van der Waals surface area contributed by atoms with Gasteiger partial charge in [-0.3, -0.25) is 4.79 Å². The van der Waals surface area contributed by atoms with Crippen molar-refractivity contribution in [1.29, 1.82) is 0 Å². The Labute approximate surface area is 84.2 Å². The van der Waals surface area contributed by atoms with Gasteiger partial charge in [-0.15, -0.1) is 0 Å². The lowest BCUT2D eigenvalue weighted by Crippen LogP contribution is -2.06. The van der Waals surface area contributed by atoms with E-state index in [0.717, 1.165) is 5.56 Å². The Morgan fingerprint density at radius 2 is 2.14 bits per heavy atom. The third-order valence-electron chi connectivity index (χ3n) is 2.07. The third kappa shape index (κ3) is 2.82. The van der Waals surface area contributed by atoms with Crippen LogP contribution in [0.1, 0.15) is 18.1 Å². The van der Waals surface area contributed by atoms with Crippen molar-refractivity contribution in [2.45, 2.75) is 12.5 Å². The van der Waals surface area contributed by atoms with Crippen molar-refractivity contribution in [3.8, 4) is 0 Å². The maximum absolute atomic E-state index is 11.2. The van der Waals surface area contributed by atoms with E-state index in [1.54, 1.807) is 7.11 Å². The highest BCUT2D eigenvalue weighted by molar-refractivity contribution is 5.89. The zero-order valence-electron chi connectivity index (χ0n) is 8.27. The number of methoxy groups -OCH3 is 1. The van der Waals surface area contributed by atoms with E-state index in [-0.39, 0.29) is 11.9 Å². The van der Waals surface area contributed by atoms with Gasteiger partial charge in [0, 0.05) is 13.5 Å². The number of ketones is 1. The fraction of sp³-hybridized carbons (Fsp3) is 0.250. The number of rotatable bonds is 5. The van der Waals surface area contributed by atoms with E-state index in [9.17, 15) is 4.79 Å². The highest BCUT2D eigenvalue weighted by Crippen LogP contribution is 2.20. The molecule has 1 rings (SSSR count). The summed E-state index contributed by atoms with van der Waals surface area (Å²) in [4.78, 5) is 11.2. The van der Waals surface area contributed by atoms with Crippen molar-refractivity contribution in [3.63, 3.8) is 0 Å². The van der Waals surface area contributed by atoms with Gasteiger partial charge < -0.3 is 4.74 Å². The van der Waals surface area contributed by atoms with Crippen LogP contribution in [0.15, 0.2) is 43.0 Å². The molecule has 2 nitrogen and oxygen atoms in total. The molecule has 0 saturated heterocycles. The highest BCUT2D eigenvalue weighted by atomic mass is 16.5. The lowest BCUT2D eigenvalue weighted by molar-refractivity contribution is -0.117. The fourth-order valence-corrected chi connectivity index (χ4v) is 1.27. The molecule has 0 bridgehead atoms. The molecule has 1 aromatic rings. The molecule has 0 heterocycles. The van der Waals surface area contributed by atoms with Crippen LogP contribution in [-0.4, -0.2) is 12.9 Å². The van der Waals surface area contributed by atoms with Crippen molar-refractivity contribution < 1.29 is 9.53 Å². The zero-order chi connectivity index (χ0) is 10.4. The van der Waals surface area contributed by atoms with Gasteiger partial charge in [0.15, 0.2) is 5.78 Å². The summed E-state index contributed by atoms with van der Waals surface area (Å²) in [5.74, 6) is 0.000651. The van der Waals surface area contributed by atoms with Crippen LogP contribution in [0, 0.1) is 0 Å². The highest BCUT2D eigenvalue weighted by Gasteiger charge is 2.12. The van der Waals surface area contributed by atoms with Crippen molar-refractivity contribution in [1.82, 2.24) is 0 Å². The minimum absolute atomic E-state index is 0.000651. The molecule has 1 atom stereocenters. The van der Waals surface area contributed by atoms with Crippen molar-refractivity contribution in [2.75, 3.05) is 7.11 Å². The standard InChI is InChI=1S/C12H14O2/c1-3-11(13)9-12(14-2)10-7-5-4-6-8-10/h3-8,12H,1,9H2,2H3. The quantitative estimate of drug-likeness (QED) is 0.667. The number of hydrogen-bond acceptors (Lipinski definition) is 2. The van der Waals surface area contributed by atoms with Crippen LogP contribution in [-0.2, 0) is 9.53 Å². The molecule has 0 N–H and O–H groups in total. The SMILES string of the molecule is C=CC(=O)CC(OC)c1ccccc1. The normalized spacial score (nSPS) is 12.1. The molecule has 0 amide bonds. The summed E-state index contributed by atoms with van der Waals surface area (Å²) in [5.41, 5.74) is 1.02. The van der Waals surface area contributed by atoms with Crippen LogP contribution < -0.4 is 0 Å². The first-order valence-electron chi connectivity index (χ1n) is 4.51.